The molecule has 0 radical (unpaired) electrons. The zero-order chi connectivity index (χ0) is 51.3. The lowest BCUT2D eigenvalue weighted by atomic mass is 9.99. The van der Waals surface area contributed by atoms with Gasteiger partial charge in [0.1, 0.15) is 0 Å². The van der Waals surface area contributed by atoms with Crippen molar-refractivity contribution < 1.29 is 0 Å². The van der Waals surface area contributed by atoms with Crippen LogP contribution in [0.1, 0.15) is 0 Å². The van der Waals surface area contributed by atoms with Crippen LogP contribution in [0, 0.1) is 0 Å². The van der Waals surface area contributed by atoms with Gasteiger partial charge in [-0.3, -0.25) is 0 Å². The van der Waals surface area contributed by atoms with Crippen molar-refractivity contribution in [2.75, 3.05) is 14.7 Å². The molecule has 364 valence electrons. The number of benzene rings is 13. The van der Waals surface area contributed by atoms with E-state index < -0.39 is 0 Å². The van der Waals surface area contributed by atoms with Crippen LogP contribution in [0.15, 0.2) is 322 Å². The summed E-state index contributed by atoms with van der Waals surface area (Å²) in [6.07, 6.45) is 0. The summed E-state index contributed by atoms with van der Waals surface area (Å²) in [5.41, 5.74) is 19.3. The standard InChI is InChI=1S/C74H53N3/c1-4-14-54(15-5-1)59-28-40-68(41-29-59)75(70-44-32-62(33-45-70)63-36-48-72(49-37-63)77(67-22-8-3-9-23-67)74-51-39-56-17-11-13-19-65(56)53-74)69-42-30-60(31-43-69)57-24-26-58(27-25-57)61-34-46-71(47-35-61)76(66-20-6-2-7-21-66)73-50-38-55-16-10-12-18-64(55)52-73/h1-53H. The zero-order valence-corrected chi connectivity index (χ0v) is 42.4. The van der Waals surface area contributed by atoms with Gasteiger partial charge in [0.15, 0.2) is 0 Å². The molecule has 0 heterocycles. The van der Waals surface area contributed by atoms with Crippen molar-refractivity contribution in [1.29, 1.82) is 0 Å². The third-order valence-corrected chi connectivity index (χ3v) is 14.6. The van der Waals surface area contributed by atoms with Gasteiger partial charge in [0, 0.05) is 51.2 Å². The molecule has 0 aliphatic heterocycles. The highest BCUT2D eigenvalue weighted by Gasteiger charge is 2.17. The van der Waals surface area contributed by atoms with Crippen molar-refractivity contribution in [2.45, 2.75) is 0 Å². The van der Waals surface area contributed by atoms with E-state index in [0.29, 0.717) is 0 Å². The summed E-state index contributed by atoms with van der Waals surface area (Å²) in [5, 5.41) is 4.90. The first-order chi connectivity index (χ1) is 38.1. The Morgan fingerprint density at radius 3 is 0.623 bits per heavy atom. The predicted octanol–water partition coefficient (Wildman–Crippen LogP) is 21.1. The molecule has 0 spiro atoms. The molecule has 0 N–H and O–H groups in total. The fraction of sp³-hybridized carbons (Fsp3) is 0. The van der Waals surface area contributed by atoms with Crippen LogP contribution in [0.25, 0.3) is 66.1 Å². The van der Waals surface area contributed by atoms with Crippen molar-refractivity contribution in [2.24, 2.45) is 0 Å². The molecule has 0 unspecified atom stereocenters. The quantitative estimate of drug-likeness (QED) is 0.114. The van der Waals surface area contributed by atoms with E-state index in [2.05, 4.69) is 336 Å². The van der Waals surface area contributed by atoms with Crippen LogP contribution in [0.4, 0.5) is 51.2 Å². The number of fused-ring (bicyclic) bond motifs is 2. The summed E-state index contributed by atoms with van der Waals surface area (Å²) in [6, 6.07) is 116. The van der Waals surface area contributed by atoms with E-state index in [1.165, 1.54) is 49.4 Å². The Bertz CT molecular complexity index is 4090. The fourth-order valence-electron chi connectivity index (χ4n) is 10.6. The number of anilines is 9. The molecule has 3 nitrogen and oxygen atoms in total. The smallest absolute Gasteiger partial charge is 0.0468 e. The van der Waals surface area contributed by atoms with Crippen molar-refractivity contribution in [3.8, 4) is 44.5 Å². The highest BCUT2D eigenvalue weighted by Crippen LogP contribution is 2.41. The summed E-state index contributed by atoms with van der Waals surface area (Å²) in [4.78, 5) is 7.00. The molecular formula is C74H53N3. The summed E-state index contributed by atoms with van der Waals surface area (Å²) < 4.78 is 0. The average molecular weight is 984 g/mol. The highest BCUT2D eigenvalue weighted by atomic mass is 15.2. The Hall–Kier alpha value is -10.2. The minimum atomic E-state index is 1.08. The molecule has 0 aliphatic rings. The lowest BCUT2D eigenvalue weighted by Gasteiger charge is -2.26. The van der Waals surface area contributed by atoms with Gasteiger partial charge < -0.3 is 14.7 Å². The van der Waals surface area contributed by atoms with Crippen LogP contribution in [0.2, 0.25) is 0 Å². The van der Waals surface area contributed by atoms with E-state index in [1.807, 2.05) is 0 Å². The minimum Gasteiger partial charge on any atom is -0.311 e. The highest BCUT2D eigenvalue weighted by molar-refractivity contribution is 5.91. The Balaban J connectivity index is 0.765. The second kappa shape index (κ2) is 21.0. The van der Waals surface area contributed by atoms with Crippen LogP contribution in [-0.2, 0) is 0 Å². The zero-order valence-electron chi connectivity index (χ0n) is 42.4. The van der Waals surface area contributed by atoms with Gasteiger partial charge in [0.05, 0.1) is 0 Å². The van der Waals surface area contributed by atoms with Gasteiger partial charge in [0.2, 0.25) is 0 Å². The first-order valence-electron chi connectivity index (χ1n) is 26.3. The van der Waals surface area contributed by atoms with Crippen LogP contribution in [0.3, 0.4) is 0 Å². The van der Waals surface area contributed by atoms with Gasteiger partial charge in [0.25, 0.3) is 0 Å². The molecule has 13 rings (SSSR count). The Morgan fingerprint density at radius 2 is 0.325 bits per heavy atom. The van der Waals surface area contributed by atoms with E-state index in [9.17, 15) is 0 Å². The van der Waals surface area contributed by atoms with Crippen LogP contribution in [-0.4, -0.2) is 0 Å². The molecule has 0 saturated carbocycles. The molecule has 0 saturated heterocycles. The first kappa shape index (κ1) is 46.6. The Kier molecular flexibility index (Phi) is 12.7. The predicted molar refractivity (Wildman–Crippen MR) is 327 cm³/mol. The SMILES string of the molecule is c1ccc(-c2ccc(N(c3ccc(-c4ccc(-c5ccc(N(c6ccccc6)c6ccc7ccccc7c6)cc5)cc4)cc3)c3ccc(-c4ccc(N(c5ccccc5)c5ccc6ccccc6c5)cc4)cc3)cc2)cc1. The van der Waals surface area contributed by atoms with Crippen LogP contribution < -0.4 is 14.7 Å². The number of hydrogen-bond acceptors (Lipinski definition) is 3. The summed E-state index contributed by atoms with van der Waals surface area (Å²) in [5.74, 6) is 0. The molecular weight excluding hydrogens is 931 g/mol. The van der Waals surface area contributed by atoms with Gasteiger partial charge in [-0.15, -0.1) is 0 Å². The lowest BCUT2D eigenvalue weighted by molar-refractivity contribution is 1.28. The van der Waals surface area contributed by atoms with Gasteiger partial charge in [-0.05, 0) is 175 Å². The second-order valence-corrected chi connectivity index (χ2v) is 19.4. The van der Waals surface area contributed by atoms with E-state index in [4.69, 9.17) is 0 Å². The van der Waals surface area contributed by atoms with E-state index in [0.717, 1.165) is 67.9 Å². The normalized spacial score (nSPS) is 11.1. The summed E-state index contributed by atoms with van der Waals surface area (Å²) >= 11 is 0. The van der Waals surface area contributed by atoms with Crippen molar-refractivity contribution >= 4 is 72.7 Å². The third-order valence-electron chi connectivity index (χ3n) is 14.6. The molecule has 13 aromatic carbocycles. The van der Waals surface area contributed by atoms with Crippen molar-refractivity contribution in [3.05, 3.63) is 322 Å². The summed E-state index contributed by atoms with van der Waals surface area (Å²) in [6.45, 7) is 0. The van der Waals surface area contributed by atoms with Crippen molar-refractivity contribution in [3.63, 3.8) is 0 Å². The maximum atomic E-state index is 2.35. The lowest BCUT2D eigenvalue weighted by Crippen LogP contribution is -2.10. The molecule has 0 amide bonds. The minimum absolute atomic E-state index is 1.08. The van der Waals surface area contributed by atoms with Gasteiger partial charge in [-0.2, -0.15) is 0 Å². The number of hydrogen-bond donors (Lipinski definition) is 0. The third kappa shape index (κ3) is 9.74. The number of rotatable bonds is 13. The second-order valence-electron chi connectivity index (χ2n) is 19.4. The molecule has 0 aliphatic carbocycles. The van der Waals surface area contributed by atoms with Gasteiger partial charge in [-0.1, -0.05) is 212 Å². The van der Waals surface area contributed by atoms with Crippen molar-refractivity contribution in [1.82, 2.24) is 0 Å². The maximum absolute atomic E-state index is 2.35. The molecule has 13 aromatic rings. The maximum Gasteiger partial charge on any atom is 0.0468 e. The van der Waals surface area contributed by atoms with E-state index in [-0.39, 0.29) is 0 Å². The van der Waals surface area contributed by atoms with Gasteiger partial charge >= 0.3 is 0 Å². The monoisotopic (exact) mass is 983 g/mol. The molecule has 0 fully saturated rings. The largest absolute Gasteiger partial charge is 0.311 e. The summed E-state index contributed by atoms with van der Waals surface area (Å²) in [7, 11) is 0. The van der Waals surface area contributed by atoms with E-state index >= 15 is 0 Å². The van der Waals surface area contributed by atoms with Crippen LogP contribution >= 0.6 is 0 Å². The van der Waals surface area contributed by atoms with Crippen LogP contribution in [0.5, 0.6) is 0 Å². The Morgan fingerprint density at radius 1 is 0.130 bits per heavy atom. The molecule has 0 atom stereocenters. The topological polar surface area (TPSA) is 9.72 Å². The number of para-hydroxylation sites is 2. The Labute approximate surface area is 451 Å². The average Bonchev–Trinajstić information content (AvgIpc) is 3.52. The molecule has 3 heteroatoms. The fourth-order valence-corrected chi connectivity index (χ4v) is 10.6. The molecule has 77 heavy (non-hydrogen) atoms. The first-order valence-corrected chi connectivity index (χ1v) is 26.3. The van der Waals surface area contributed by atoms with Gasteiger partial charge in [-0.25, -0.2) is 0 Å². The molecule has 0 bridgehead atoms. The van der Waals surface area contributed by atoms with E-state index in [1.54, 1.807) is 0 Å². The molecule has 0 aromatic heterocycles. The number of nitrogens with zero attached hydrogens (tertiary/aromatic N) is 3.